The molecule has 0 aromatic rings. The van der Waals surface area contributed by atoms with Gasteiger partial charge in [0.15, 0.2) is 0 Å². The lowest BCUT2D eigenvalue weighted by atomic mass is 9.96. The summed E-state index contributed by atoms with van der Waals surface area (Å²) in [6, 6.07) is -0.159. The number of nitrogens with zero attached hydrogens (tertiary/aromatic N) is 2. The van der Waals surface area contributed by atoms with Gasteiger partial charge in [0.25, 0.3) is 0 Å². The molecular formula is C14H24N2O4. The lowest BCUT2D eigenvalue weighted by molar-refractivity contribution is -0.137. The van der Waals surface area contributed by atoms with Crippen LogP contribution in [0.2, 0.25) is 0 Å². The number of carboxylic acids is 1. The maximum atomic E-state index is 12.5. The molecule has 2 rings (SSSR count). The maximum absolute atomic E-state index is 12.5. The zero-order chi connectivity index (χ0) is 14.7. The second kappa shape index (κ2) is 6.43. The Morgan fingerprint density at radius 2 is 2.05 bits per heavy atom. The Labute approximate surface area is 119 Å². The number of carboxylic acid groups (broad SMARTS) is 1. The van der Waals surface area contributed by atoms with E-state index in [1.165, 1.54) is 4.90 Å². The van der Waals surface area contributed by atoms with Gasteiger partial charge in [-0.05, 0) is 31.1 Å². The number of hydrogen-bond donors (Lipinski definition) is 1. The van der Waals surface area contributed by atoms with Gasteiger partial charge in [0.2, 0.25) is 0 Å². The Hall–Kier alpha value is -1.30. The van der Waals surface area contributed by atoms with Gasteiger partial charge in [0.05, 0.1) is 6.10 Å². The minimum atomic E-state index is -0.951. The lowest BCUT2D eigenvalue weighted by Crippen LogP contribution is -2.52. The number of rotatable bonds is 5. The third-order valence-corrected chi connectivity index (χ3v) is 4.23. The number of carbonyl (C=O) groups excluding carboxylic acids is 1. The largest absolute Gasteiger partial charge is 0.480 e. The summed E-state index contributed by atoms with van der Waals surface area (Å²) in [5, 5.41) is 8.97. The van der Waals surface area contributed by atoms with Crippen molar-refractivity contribution in [2.45, 2.75) is 32.3 Å². The topological polar surface area (TPSA) is 70.1 Å². The van der Waals surface area contributed by atoms with Crippen LogP contribution in [0.25, 0.3) is 0 Å². The van der Waals surface area contributed by atoms with E-state index in [-0.39, 0.29) is 18.7 Å². The van der Waals surface area contributed by atoms with Crippen molar-refractivity contribution in [2.75, 3.05) is 33.3 Å². The van der Waals surface area contributed by atoms with E-state index in [0.717, 1.165) is 19.3 Å². The molecule has 0 bridgehead atoms. The average Bonchev–Trinajstić information content (AvgIpc) is 3.21. The highest BCUT2D eigenvalue weighted by Gasteiger charge is 2.34. The number of carbonyl (C=O) groups is 2. The van der Waals surface area contributed by atoms with Crippen LogP contribution in [-0.2, 0) is 9.53 Å². The summed E-state index contributed by atoms with van der Waals surface area (Å²) in [5.74, 6) is -0.0340. The summed E-state index contributed by atoms with van der Waals surface area (Å²) in [5.41, 5.74) is 0. The van der Waals surface area contributed by atoms with Crippen LogP contribution in [0, 0.1) is 11.8 Å². The van der Waals surface area contributed by atoms with E-state index >= 15 is 0 Å². The van der Waals surface area contributed by atoms with E-state index in [1.807, 2.05) is 0 Å². The molecule has 0 aromatic carbocycles. The molecule has 1 aliphatic heterocycles. The van der Waals surface area contributed by atoms with Crippen molar-refractivity contribution < 1.29 is 19.4 Å². The molecule has 0 aromatic heterocycles. The van der Waals surface area contributed by atoms with Crippen LogP contribution in [0.4, 0.5) is 4.79 Å². The Bertz CT molecular complexity index is 370. The zero-order valence-corrected chi connectivity index (χ0v) is 12.2. The number of methoxy groups -OCH3 is 1. The predicted octanol–water partition coefficient (Wildman–Crippen LogP) is 1.26. The van der Waals surface area contributed by atoms with E-state index in [9.17, 15) is 9.59 Å². The van der Waals surface area contributed by atoms with Crippen molar-refractivity contribution in [2.24, 2.45) is 11.8 Å². The van der Waals surface area contributed by atoms with Crippen LogP contribution < -0.4 is 0 Å². The fourth-order valence-corrected chi connectivity index (χ4v) is 2.70. The normalized spacial score (nSPS) is 26.4. The van der Waals surface area contributed by atoms with Crippen LogP contribution in [0.1, 0.15) is 26.2 Å². The van der Waals surface area contributed by atoms with Gasteiger partial charge in [0, 0.05) is 26.7 Å². The number of hydrogen-bond acceptors (Lipinski definition) is 3. The Morgan fingerprint density at radius 3 is 2.60 bits per heavy atom. The van der Waals surface area contributed by atoms with Crippen LogP contribution in [0.15, 0.2) is 0 Å². The minimum absolute atomic E-state index is 0.0419. The highest BCUT2D eigenvalue weighted by Crippen LogP contribution is 2.30. The van der Waals surface area contributed by atoms with Gasteiger partial charge < -0.3 is 19.6 Å². The molecule has 2 unspecified atom stereocenters. The van der Waals surface area contributed by atoms with Crippen molar-refractivity contribution in [3.8, 4) is 0 Å². The standard InChI is InChI=1S/C14H24N2O4/c1-10-5-6-15(8-12(10)20-2)14(19)16(9-13(17)18)7-11-3-4-11/h10-12H,3-9H2,1-2H3,(H,17,18). The lowest BCUT2D eigenvalue weighted by Gasteiger charge is -2.38. The number of amides is 2. The second-order valence-corrected chi connectivity index (χ2v) is 5.99. The molecule has 114 valence electrons. The molecule has 0 spiro atoms. The fraction of sp³-hybridized carbons (Fsp3) is 0.857. The monoisotopic (exact) mass is 284 g/mol. The SMILES string of the molecule is COC1CN(C(=O)N(CC(=O)O)CC2CC2)CCC1C. The summed E-state index contributed by atoms with van der Waals surface area (Å²) < 4.78 is 5.41. The quantitative estimate of drug-likeness (QED) is 0.825. The third kappa shape index (κ3) is 3.85. The third-order valence-electron chi connectivity index (χ3n) is 4.23. The van der Waals surface area contributed by atoms with E-state index in [2.05, 4.69) is 6.92 Å². The van der Waals surface area contributed by atoms with E-state index < -0.39 is 5.97 Å². The molecule has 0 radical (unpaired) electrons. The van der Waals surface area contributed by atoms with Gasteiger partial charge in [-0.3, -0.25) is 4.79 Å². The molecule has 1 saturated carbocycles. The van der Waals surface area contributed by atoms with Gasteiger partial charge in [0.1, 0.15) is 6.54 Å². The molecule has 1 N–H and O–H groups in total. The molecule has 6 nitrogen and oxygen atoms in total. The van der Waals surface area contributed by atoms with Gasteiger partial charge in [-0.25, -0.2) is 4.79 Å². The van der Waals surface area contributed by atoms with Gasteiger partial charge in [-0.2, -0.15) is 0 Å². The van der Waals surface area contributed by atoms with Crippen molar-refractivity contribution in [3.63, 3.8) is 0 Å². The summed E-state index contributed by atoms with van der Waals surface area (Å²) in [6.07, 6.45) is 3.14. The molecule has 2 fully saturated rings. The Morgan fingerprint density at radius 1 is 1.35 bits per heavy atom. The maximum Gasteiger partial charge on any atom is 0.323 e. The molecule has 1 heterocycles. The first-order valence-electron chi connectivity index (χ1n) is 7.29. The van der Waals surface area contributed by atoms with Crippen LogP contribution >= 0.6 is 0 Å². The molecule has 2 atom stereocenters. The van der Waals surface area contributed by atoms with Crippen molar-refractivity contribution in [3.05, 3.63) is 0 Å². The van der Waals surface area contributed by atoms with Gasteiger partial charge in [-0.15, -0.1) is 0 Å². The predicted molar refractivity (Wildman–Crippen MR) is 73.5 cm³/mol. The number of piperidine rings is 1. The van der Waals surface area contributed by atoms with E-state index in [0.29, 0.717) is 31.5 Å². The van der Waals surface area contributed by atoms with Gasteiger partial charge in [-0.1, -0.05) is 6.92 Å². The first-order valence-corrected chi connectivity index (χ1v) is 7.29. The van der Waals surface area contributed by atoms with Crippen LogP contribution in [0.3, 0.4) is 0 Å². The van der Waals surface area contributed by atoms with Crippen molar-refractivity contribution in [1.29, 1.82) is 0 Å². The van der Waals surface area contributed by atoms with Gasteiger partial charge >= 0.3 is 12.0 Å². The summed E-state index contributed by atoms with van der Waals surface area (Å²) in [6.45, 7) is 3.71. The molecule has 1 aliphatic carbocycles. The summed E-state index contributed by atoms with van der Waals surface area (Å²) in [4.78, 5) is 26.6. The number of aliphatic carboxylic acids is 1. The molecule has 2 amide bonds. The first kappa shape index (κ1) is 15.1. The van der Waals surface area contributed by atoms with Crippen LogP contribution in [0.5, 0.6) is 0 Å². The highest BCUT2D eigenvalue weighted by molar-refractivity contribution is 5.80. The molecule has 20 heavy (non-hydrogen) atoms. The minimum Gasteiger partial charge on any atom is -0.480 e. The summed E-state index contributed by atoms with van der Waals surface area (Å²) >= 11 is 0. The smallest absolute Gasteiger partial charge is 0.323 e. The number of likely N-dealkylation sites (tertiary alicyclic amines) is 1. The number of urea groups is 1. The molecular weight excluding hydrogens is 260 g/mol. The zero-order valence-electron chi connectivity index (χ0n) is 12.2. The Balaban J connectivity index is 1.96. The average molecular weight is 284 g/mol. The first-order chi connectivity index (χ1) is 9.51. The second-order valence-electron chi connectivity index (χ2n) is 5.99. The summed E-state index contributed by atoms with van der Waals surface area (Å²) in [7, 11) is 1.66. The number of ether oxygens (including phenoxy) is 1. The molecule has 1 saturated heterocycles. The van der Waals surface area contributed by atoms with E-state index in [1.54, 1.807) is 12.0 Å². The van der Waals surface area contributed by atoms with Crippen LogP contribution in [-0.4, -0.2) is 66.3 Å². The Kier molecular flexibility index (Phi) is 4.86. The fourth-order valence-electron chi connectivity index (χ4n) is 2.70. The van der Waals surface area contributed by atoms with Crippen molar-refractivity contribution in [1.82, 2.24) is 9.80 Å². The van der Waals surface area contributed by atoms with E-state index in [4.69, 9.17) is 9.84 Å². The van der Waals surface area contributed by atoms with Crippen molar-refractivity contribution >= 4 is 12.0 Å². The highest BCUT2D eigenvalue weighted by atomic mass is 16.5. The molecule has 2 aliphatic rings. The molecule has 6 heteroatoms.